The molecule has 12 heteroatoms. The molecule has 2 fully saturated rings. The number of benzene rings is 2. The Labute approximate surface area is 196 Å². The number of aromatic nitrogens is 1. The highest BCUT2D eigenvalue weighted by Gasteiger charge is 2.70. The molecule has 0 bridgehead atoms. The molecule has 1 aliphatic heterocycles. The van der Waals surface area contributed by atoms with Crippen molar-refractivity contribution in [3.05, 3.63) is 59.8 Å². The number of fused-ring (bicyclic) bond motifs is 1. The molecule has 2 aromatic carbocycles. The second-order valence-electron chi connectivity index (χ2n) is 8.20. The number of para-hydroxylation sites is 1. The van der Waals surface area contributed by atoms with E-state index < -0.39 is 37.7 Å². The van der Waals surface area contributed by atoms with Crippen LogP contribution in [0, 0.1) is 5.92 Å². The van der Waals surface area contributed by atoms with Gasteiger partial charge in [-0.2, -0.15) is 13.2 Å². The predicted molar refractivity (Wildman–Crippen MR) is 118 cm³/mol. The van der Waals surface area contributed by atoms with Gasteiger partial charge in [-0.15, -0.1) is 0 Å². The molecular weight excluding hydrogens is 495 g/mol. The highest BCUT2D eigenvalue weighted by Crippen LogP contribution is 2.56. The van der Waals surface area contributed by atoms with Gasteiger partial charge in [0, 0.05) is 11.6 Å². The molecular formula is C22H15ClF3N3O4S. The van der Waals surface area contributed by atoms with Crippen LogP contribution in [0.3, 0.4) is 0 Å². The van der Waals surface area contributed by atoms with Crippen LogP contribution in [0.15, 0.2) is 59.6 Å². The summed E-state index contributed by atoms with van der Waals surface area (Å²) >= 11 is 6.25. The van der Waals surface area contributed by atoms with E-state index in [1.165, 1.54) is 11.1 Å². The van der Waals surface area contributed by atoms with Crippen molar-refractivity contribution in [3.63, 3.8) is 0 Å². The van der Waals surface area contributed by atoms with Gasteiger partial charge in [-0.25, -0.2) is 18.1 Å². The van der Waals surface area contributed by atoms with Crippen molar-refractivity contribution in [1.82, 2.24) is 4.98 Å². The van der Waals surface area contributed by atoms with Gasteiger partial charge >= 0.3 is 11.5 Å². The molecule has 3 aromatic rings. The van der Waals surface area contributed by atoms with E-state index in [0.717, 1.165) is 29.2 Å². The Morgan fingerprint density at radius 1 is 1.09 bits per heavy atom. The molecule has 1 aliphatic carbocycles. The lowest BCUT2D eigenvalue weighted by molar-refractivity contribution is -0.119. The summed E-state index contributed by atoms with van der Waals surface area (Å²) in [5, 5.41) is 0.927. The minimum Gasteiger partial charge on any atom is -0.277 e. The fourth-order valence-electron chi connectivity index (χ4n) is 4.44. The Balaban J connectivity index is 1.60. The van der Waals surface area contributed by atoms with Crippen molar-refractivity contribution in [1.29, 1.82) is 0 Å². The number of sulfone groups is 1. The zero-order valence-electron chi connectivity index (χ0n) is 17.4. The van der Waals surface area contributed by atoms with Gasteiger partial charge in [-0.1, -0.05) is 30.7 Å². The molecule has 7 nitrogen and oxygen atoms in total. The Kier molecular flexibility index (Phi) is 4.76. The van der Waals surface area contributed by atoms with Crippen LogP contribution in [-0.4, -0.2) is 36.4 Å². The number of nitrogens with zero attached hydrogens (tertiary/aromatic N) is 3. The molecule has 2 unspecified atom stereocenters. The second-order valence-corrected chi connectivity index (χ2v) is 10.5. The van der Waals surface area contributed by atoms with Crippen LogP contribution in [0.4, 0.5) is 29.3 Å². The number of anilines is 2. The van der Waals surface area contributed by atoms with Crippen LogP contribution in [0.5, 0.6) is 0 Å². The maximum absolute atomic E-state index is 13.6. The first kappa shape index (κ1) is 22.6. The van der Waals surface area contributed by atoms with E-state index in [1.54, 1.807) is 24.3 Å². The smallest absolute Gasteiger partial charge is 0.277 e. The van der Waals surface area contributed by atoms with E-state index in [0.29, 0.717) is 28.0 Å². The molecule has 5 rings (SSSR count). The third kappa shape index (κ3) is 2.96. The van der Waals surface area contributed by atoms with Crippen molar-refractivity contribution >= 4 is 55.7 Å². The molecule has 2 atom stereocenters. The summed E-state index contributed by atoms with van der Waals surface area (Å²) < 4.78 is 61.9. The second kappa shape index (κ2) is 7.16. The molecule has 1 saturated carbocycles. The van der Waals surface area contributed by atoms with E-state index in [1.807, 2.05) is 6.92 Å². The van der Waals surface area contributed by atoms with Crippen molar-refractivity contribution < 1.29 is 31.2 Å². The van der Waals surface area contributed by atoms with E-state index in [-0.39, 0.29) is 11.6 Å². The van der Waals surface area contributed by atoms with Gasteiger partial charge in [0.2, 0.25) is 0 Å². The van der Waals surface area contributed by atoms with Crippen molar-refractivity contribution in [3.8, 4) is 0 Å². The number of pyridine rings is 1. The maximum Gasteiger partial charge on any atom is 0.501 e. The minimum atomic E-state index is -5.56. The van der Waals surface area contributed by atoms with Crippen molar-refractivity contribution in [2.45, 2.75) is 29.3 Å². The number of urea groups is 1. The van der Waals surface area contributed by atoms with Gasteiger partial charge in [0.05, 0.1) is 26.8 Å². The van der Waals surface area contributed by atoms with Crippen LogP contribution in [0.1, 0.15) is 13.3 Å². The topological polar surface area (TPSA) is 87.7 Å². The van der Waals surface area contributed by atoms with Crippen molar-refractivity contribution in [2.24, 2.45) is 5.92 Å². The van der Waals surface area contributed by atoms with Gasteiger partial charge in [-0.05, 0) is 48.7 Å². The predicted octanol–water partition coefficient (Wildman–Crippen LogP) is 4.93. The number of carbonyl (C=O) groups is 2. The van der Waals surface area contributed by atoms with E-state index in [4.69, 9.17) is 11.6 Å². The van der Waals surface area contributed by atoms with E-state index in [2.05, 4.69) is 4.98 Å². The summed E-state index contributed by atoms with van der Waals surface area (Å²) in [5.74, 6) is -0.718. The van der Waals surface area contributed by atoms with Crippen LogP contribution in [0.2, 0.25) is 5.02 Å². The number of hydrogen-bond donors (Lipinski definition) is 0. The number of imide groups is 1. The first-order valence-corrected chi connectivity index (χ1v) is 11.9. The molecule has 3 amide bonds. The summed E-state index contributed by atoms with van der Waals surface area (Å²) in [5.41, 5.74) is -5.79. The summed E-state index contributed by atoms with van der Waals surface area (Å²) in [6, 6.07) is 9.45. The quantitative estimate of drug-likeness (QED) is 0.467. The summed E-state index contributed by atoms with van der Waals surface area (Å²) in [7, 11) is -5.56. The van der Waals surface area contributed by atoms with Gasteiger partial charge in [0.25, 0.3) is 15.7 Å². The summed E-state index contributed by atoms with van der Waals surface area (Å²) in [4.78, 5) is 32.5. The van der Waals surface area contributed by atoms with Gasteiger partial charge in [-0.3, -0.25) is 14.7 Å². The lowest BCUT2D eigenvalue weighted by atomic mass is 10.1. The van der Waals surface area contributed by atoms with Gasteiger partial charge < -0.3 is 0 Å². The molecule has 176 valence electrons. The SMILES string of the molecule is CC1CC12C(=O)N(c1ccc(S(=O)(=O)C(F)(F)F)cc1)C(=O)N2c1ccnc2c(Cl)cccc12. The zero-order valence-corrected chi connectivity index (χ0v) is 18.9. The first-order valence-electron chi connectivity index (χ1n) is 10.0. The maximum atomic E-state index is 13.6. The zero-order chi connectivity index (χ0) is 24.6. The van der Waals surface area contributed by atoms with Crippen LogP contribution < -0.4 is 9.80 Å². The third-order valence-electron chi connectivity index (χ3n) is 6.28. The van der Waals surface area contributed by atoms with Gasteiger partial charge in [0.15, 0.2) is 0 Å². The molecule has 1 aromatic heterocycles. The molecule has 0 N–H and O–H groups in total. The van der Waals surface area contributed by atoms with Crippen molar-refractivity contribution in [2.75, 3.05) is 9.80 Å². The standard InChI is InChI=1S/C22H15ClF3N3O4S/c1-12-11-21(12)19(30)28(13-5-7-14(8-6-13)34(32,33)22(24,25)26)20(31)29(21)17-9-10-27-18-15(17)3-2-4-16(18)23/h2-10,12H,11H2,1H3. The highest BCUT2D eigenvalue weighted by molar-refractivity contribution is 7.92. The average molecular weight is 510 g/mol. The molecule has 1 spiro atoms. The number of amides is 3. The van der Waals surface area contributed by atoms with Gasteiger partial charge in [0.1, 0.15) is 5.54 Å². The fourth-order valence-corrected chi connectivity index (χ4v) is 5.42. The normalized spacial score (nSPS) is 22.8. The molecule has 0 radical (unpaired) electrons. The highest BCUT2D eigenvalue weighted by atomic mass is 35.5. The summed E-state index contributed by atoms with van der Waals surface area (Å²) in [6.45, 7) is 1.82. The van der Waals surface area contributed by atoms with Crippen LogP contribution in [-0.2, 0) is 14.6 Å². The lowest BCUT2D eigenvalue weighted by Crippen LogP contribution is -2.39. The third-order valence-corrected chi connectivity index (χ3v) is 8.08. The number of alkyl halides is 3. The molecule has 2 aliphatic rings. The molecule has 2 heterocycles. The molecule has 1 saturated heterocycles. The number of halogens is 4. The average Bonchev–Trinajstić information content (AvgIpc) is 3.39. The Morgan fingerprint density at radius 2 is 1.74 bits per heavy atom. The van der Waals surface area contributed by atoms with E-state index in [9.17, 15) is 31.2 Å². The number of carbonyl (C=O) groups excluding carboxylic acids is 2. The fraction of sp³-hybridized carbons (Fsp3) is 0.227. The minimum absolute atomic E-state index is 0.0338. The lowest BCUT2D eigenvalue weighted by Gasteiger charge is -2.23. The summed E-state index contributed by atoms with van der Waals surface area (Å²) in [6.07, 6.45) is 1.86. The Hall–Kier alpha value is -3.18. The van der Waals surface area contributed by atoms with E-state index >= 15 is 0 Å². The number of hydrogen-bond acceptors (Lipinski definition) is 5. The first-order chi connectivity index (χ1) is 15.9. The van der Waals surface area contributed by atoms with Crippen LogP contribution in [0.25, 0.3) is 10.9 Å². The monoisotopic (exact) mass is 509 g/mol. The molecule has 34 heavy (non-hydrogen) atoms. The number of rotatable bonds is 3. The Morgan fingerprint density at radius 3 is 2.32 bits per heavy atom. The van der Waals surface area contributed by atoms with Crippen LogP contribution >= 0.6 is 11.6 Å². The largest absolute Gasteiger partial charge is 0.501 e. The Bertz CT molecular complexity index is 1480.